The summed E-state index contributed by atoms with van der Waals surface area (Å²) in [5, 5.41) is 7.13. The zero-order chi connectivity index (χ0) is 13.0. The first-order chi connectivity index (χ1) is 8.66. The first-order valence-electron chi connectivity index (χ1n) is 6.47. The fourth-order valence-corrected chi connectivity index (χ4v) is 2.81. The van der Waals surface area contributed by atoms with E-state index in [9.17, 15) is 0 Å². The number of thiophene rings is 1. The van der Waals surface area contributed by atoms with Crippen LogP contribution in [0.15, 0.2) is 29.6 Å². The number of rotatable bonds is 6. The maximum absolute atomic E-state index is 5.60. The van der Waals surface area contributed by atoms with Gasteiger partial charge in [0.1, 0.15) is 0 Å². The van der Waals surface area contributed by atoms with E-state index in [1.54, 1.807) is 0 Å². The zero-order valence-electron chi connectivity index (χ0n) is 11.3. The molecule has 0 saturated heterocycles. The molecule has 0 aliphatic carbocycles. The van der Waals surface area contributed by atoms with Crippen molar-refractivity contribution in [2.24, 2.45) is 0 Å². The molecule has 2 aromatic rings. The van der Waals surface area contributed by atoms with Crippen LogP contribution in [0.25, 0.3) is 10.1 Å². The topological polar surface area (TPSA) is 21.3 Å². The van der Waals surface area contributed by atoms with Crippen LogP contribution in [-0.4, -0.2) is 18.8 Å². The first-order valence-corrected chi connectivity index (χ1v) is 7.35. The van der Waals surface area contributed by atoms with Crippen LogP contribution in [0.4, 0.5) is 0 Å². The van der Waals surface area contributed by atoms with Crippen molar-refractivity contribution >= 4 is 21.4 Å². The average Bonchev–Trinajstić information content (AvgIpc) is 2.77. The molecule has 1 heterocycles. The van der Waals surface area contributed by atoms with E-state index in [4.69, 9.17) is 4.74 Å². The number of hydrogen-bond acceptors (Lipinski definition) is 3. The molecule has 0 fully saturated rings. The largest absolute Gasteiger partial charge is 0.377 e. The van der Waals surface area contributed by atoms with E-state index < -0.39 is 0 Å². The van der Waals surface area contributed by atoms with Gasteiger partial charge in [0.2, 0.25) is 0 Å². The fourth-order valence-electron chi connectivity index (χ4n) is 1.85. The summed E-state index contributed by atoms with van der Waals surface area (Å²) < 4.78 is 6.96. The summed E-state index contributed by atoms with van der Waals surface area (Å²) >= 11 is 1.81. The van der Waals surface area contributed by atoms with Crippen LogP contribution in [0.1, 0.15) is 26.3 Å². The normalized spacial score (nSPS) is 13.3. The molecule has 0 aliphatic heterocycles. The summed E-state index contributed by atoms with van der Waals surface area (Å²) in [6, 6.07) is 8.94. The Morgan fingerprint density at radius 3 is 2.78 bits per heavy atom. The number of nitrogens with one attached hydrogen (secondary N) is 1. The summed E-state index contributed by atoms with van der Waals surface area (Å²) in [4.78, 5) is 0. The zero-order valence-corrected chi connectivity index (χ0v) is 12.1. The second kappa shape index (κ2) is 6.32. The smallest absolute Gasteiger partial charge is 0.0620 e. The fraction of sp³-hybridized carbons (Fsp3) is 0.467. The van der Waals surface area contributed by atoms with Gasteiger partial charge in [-0.3, -0.25) is 0 Å². The van der Waals surface area contributed by atoms with Crippen LogP contribution in [0.5, 0.6) is 0 Å². The number of hydrogen-bond donors (Lipinski definition) is 1. The third kappa shape index (κ3) is 3.55. The van der Waals surface area contributed by atoms with Crippen molar-refractivity contribution in [3.05, 3.63) is 35.2 Å². The third-order valence-electron chi connectivity index (χ3n) is 2.88. The highest BCUT2D eigenvalue weighted by Gasteiger charge is 2.06. The molecule has 0 aliphatic rings. The predicted molar refractivity (Wildman–Crippen MR) is 79.2 cm³/mol. The minimum Gasteiger partial charge on any atom is -0.377 e. The van der Waals surface area contributed by atoms with Crippen molar-refractivity contribution in [2.75, 3.05) is 6.61 Å². The van der Waals surface area contributed by atoms with Gasteiger partial charge in [-0.05, 0) is 43.2 Å². The Morgan fingerprint density at radius 1 is 1.22 bits per heavy atom. The van der Waals surface area contributed by atoms with Crippen molar-refractivity contribution in [2.45, 2.75) is 39.5 Å². The quantitative estimate of drug-likeness (QED) is 0.856. The standard InChI is InChI=1S/C15H21NOS/c1-11(2)17-9-12(3)16-8-13-10-18-15-7-5-4-6-14(13)15/h4-7,10-12,16H,8-9H2,1-3H3/t12-/m1/s1. The Hall–Kier alpha value is -0.900. The van der Waals surface area contributed by atoms with E-state index in [-0.39, 0.29) is 0 Å². The van der Waals surface area contributed by atoms with Gasteiger partial charge in [0, 0.05) is 17.3 Å². The Morgan fingerprint density at radius 2 is 2.00 bits per heavy atom. The van der Waals surface area contributed by atoms with Crippen LogP contribution >= 0.6 is 11.3 Å². The monoisotopic (exact) mass is 263 g/mol. The van der Waals surface area contributed by atoms with E-state index in [1.165, 1.54) is 15.6 Å². The molecule has 1 aromatic heterocycles. The van der Waals surface area contributed by atoms with Gasteiger partial charge in [0.15, 0.2) is 0 Å². The molecule has 0 bridgehead atoms. The van der Waals surface area contributed by atoms with Crippen molar-refractivity contribution in [3.8, 4) is 0 Å². The molecule has 1 aromatic carbocycles. The Labute approximate surface area is 113 Å². The van der Waals surface area contributed by atoms with E-state index in [0.717, 1.165) is 13.2 Å². The van der Waals surface area contributed by atoms with Gasteiger partial charge in [-0.2, -0.15) is 0 Å². The lowest BCUT2D eigenvalue weighted by atomic mass is 10.2. The van der Waals surface area contributed by atoms with Crippen molar-refractivity contribution in [1.82, 2.24) is 5.32 Å². The van der Waals surface area contributed by atoms with E-state index >= 15 is 0 Å². The molecule has 98 valence electrons. The summed E-state index contributed by atoms with van der Waals surface area (Å²) in [5.74, 6) is 0. The van der Waals surface area contributed by atoms with Gasteiger partial charge in [0.25, 0.3) is 0 Å². The lowest BCUT2D eigenvalue weighted by Crippen LogP contribution is -2.31. The van der Waals surface area contributed by atoms with Gasteiger partial charge in [-0.1, -0.05) is 18.2 Å². The maximum Gasteiger partial charge on any atom is 0.0620 e. The van der Waals surface area contributed by atoms with Crippen LogP contribution in [-0.2, 0) is 11.3 Å². The second-order valence-electron chi connectivity index (χ2n) is 4.92. The second-order valence-corrected chi connectivity index (χ2v) is 5.83. The molecular weight excluding hydrogens is 242 g/mol. The van der Waals surface area contributed by atoms with Gasteiger partial charge >= 0.3 is 0 Å². The Bertz CT molecular complexity index is 492. The Balaban J connectivity index is 1.90. The Kier molecular flexibility index (Phi) is 4.75. The number of ether oxygens (including phenoxy) is 1. The van der Waals surface area contributed by atoms with Crippen molar-refractivity contribution in [1.29, 1.82) is 0 Å². The van der Waals surface area contributed by atoms with Gasteiger partial charge in [-0.25, -0.2) is 0 Å². The van der Waals surface area contributed by atoms with E-state index in [1.807, 2.05) is 11.3 Å². The van der Waals surface area contributed by atoms with Crippen LogP contribution in [0.3, 0.4) is 0 Å². The molecule has 3 heteroatoms. The van der Waals surface area contributed by atoms with Crippen LogP contribution in [0, 0.1) is 0 Å². The molecule has 0 saturated carbocycles. The molecular formula is C15H21NOS. The molecule has 0 unspecified atom stereocenters. The van der Waals surface area contributed by atoms with Crippen LogP contribution in [0.2, 0.25) is 0 Å². The molecule has 0 spiro atoms. The minimum atomic E-state index is 0.302. The van der Waals surface area contributed by atoms with Crippen molar-refractivity contribution < 1.29 is 4.74 Å². The molecule has 0 radical (unpaired) electrons. The lowest BCUT2D eigenvalue weighted by Gasteiger charge is -2.15. The molecule has 1 N–H and O–H groups in total. The highest BCUT2D eigenvalue weighted by Crippen LogP contribution is 2.25. The predicted octanol–water partition coefficient (Wildman–Crippen LogP) is 3.80. The average molecular weight is 263 g/mol. The molecule has 0 amide bonds. The van der Waals surface area contributed by atoms with E-state index in [0.29, 0.717) is 12.1 Å². The van der Waals surface area contributed by atoms with Gasteiger partial charge in [0.05, 0.1) is 12.7 Å². The first kappa shape index (κ1) is 13.5. The maximum atomic E-state index is 5.60. The summed E-state index contributed by atoms with van der Waals surface area (Å²) in [7, 11) is 0. The SMILES string of the molecule is CC(C)OC[C@@H](C)NCc1csc2ccccc12. The number of benzene rings is 1. The third-order valence-corrected chi connectivity index (χ3v) is 3.89. The highest BCUT2D eigenvalue weighted by molar-refractivity contribution is 7.17. The molecule has 18 heavy (non-hydrogen) atoms. The van der Waals surface area contributed by atoms with E-state index in [2.05, 4.69) is 55.7 Å². The highest BCUT2D eigenvalue weighted by atomic mass is 32.1. The molecule has 2 rings (SSSR count). The summed E-state index contributed by atoms with van der Waals surface area (Å²) in [5.41, 5.74) is 1.38. The lowest BCUT2D eigenvalue weighted by molar-refractivity contribution is 0.0643. The number of fused-ring (bicyclic) bond motifs is 1. The van der Waals surface area contributed by atoms with Gasteiger partial charge < -0.3 is 10.1 Å². The summed E-state index contributed by atoms with van der Waals surface area (Å²) in [6.07, 6.45) is 0.302. The molecule has 1 atom stereocenters. The summed E-state index contributed by atoms with van der Waals surface area (Å²) in [6.45, 7) is 7.97. The molecule has 2 nitrogen and oxygen atoms in total. The minimum absolute atomic E-state index is 0.302. The van der Waals surface area contributed by atoms with Crippen molar-refractivity contribution in [3.63, 3.8) is 0 Å². The van der Waals surface area contributed by atoms with Gasteiger partial charge in [-0.15, -0.1) is 11.3 Å². The van der Waals surface area contributed by atoms with Crippen LogP contribution < -0.4 is 5.32 Å².